The lowest BCUT2D eigenvalue weighted by Gasteiger charge is -2.13. The topological polar surface area (TPSA) is 83.8 Å². The van der Waals surface area contributed by atoms with E-state index in [0.29, 0.717) is 25.3 Å². The van der Waals surface area contributed by atoms with E-state index < -0.39 is 0 Å². The van der Waals surface area contributed by atoms with Gasteiger partial charge in [0.1, 0.15) is 0 Å². The van der Waals surface area contributed by atoms with Crippen LogP contribution in [0.2, 0.25) is 0 Å². The Labute approximate surface area is 179 Å². The summed E-state index contributed by atoms with van der Waals surface area (Å²) in [6.07, 6.45) is 0.794. The third-order valence-corrected chi connectivity index (χ3v) is 4.98. The average molecular weight is 415 g/mol. The molecule has 0 spiro atoms. The van der Waals surface area contributed by atoms with E-state index in [0.717, 1.165) is 35.9 Å². The van der Waals surface area contributed by atoms with Gasteiger partial charge >= 0.3 is 0 Å². The van der Waals surface area contributed by atoms with E-state index in [1.54, 1.807) is 33.2 Å². The van der Waals surface area contributed by atoms with E-state index >= 15 is 0 Å². The third-order valence-electron chi connectivity index (χ3n) is 4.98. The van der Waals surface area contributed by atoms with Crippen LogP contribution in [0.1, 0.15) is 32.9 Å². The molecule has 0 bridgehead atoms. The van der Waals surface area contributed by atoms with Gasteiger partial charge in [-0.05, 0) is 38.0 Å². The quantitative estimate of drug-likeness (QED) is 0.483. The lowest BCUT2D eigenvalue weighted by atomic mass is 10.1. The number of rotatable bonds is 9. The van der Waals surface area contributed by atoms with Crippen LogP contribution in [0.25, 0.3) is 0 Å². The molecule has 0 atom stereocenters. The third kappa shape index (κ3) is 6.32. The van der Waals surface area contributed by atoms with E-state index in [-0.39, 0.29) is 5.91 Å². The number of nitrogens with zero attached hydrogens (tertiary/aromatic N) is 4. The van der Waals surface area contributed by atoms with E-state index in [2.05, 4.69) is 27.6 Å². The highest BCUT2D eigenvalue weighted by Crippen LogP contribution is 2.12. The fourth-order valence-corrected chi connectivity index (χ4v) is 3.22. The summed E-state index contributed by atoms with van der Waals surface area (Å²) in [4.78, 5) is 18.0. The van der Waals surface area contributed by atoms with Gasteiger partial charge in [0.25, 0.3) is 5.91 Å². The number of aryl methyl sites for hydroxylation is 1. The SMILES string of the molecule is CN=C(NCCc1cccc(C(=O)N(C)C)c1)NCc1c(C)nn(CCOC)c1C. The largest absolute Gasteiger partial charge is 0.383 e. The predicted octanol–water partition coefficient (Wildman–Crippen LogP) is 1.76. The zero-order valence-electron chi connectivity index (χ0n) is 19.0. The van der Waals surface area contributed by atoms with Crippen LogP contribution < -0.4 is 10.6 Å². The number of aliphatic imine (C=N–C) groups is 1. The maximum absolute atomic E-state index is 12.1. The van der Waals surface area contributed by atoms with Gasteiger partial charge in [0.15, 0.2) is 5.96 Å². The number of carbonyl (C=O) groups excluding carboxylic acids is 1. The van der Waals surface area contributed by atoms with Crippen LogP contribution in [0.15, 0.2) is 29.3 Å². The molecule has 164 valence electrons. The summed E-state index contributed by atoms with van der Waals surface area (Å²) in [5.74, 6) is 0.748. The molecule has 8 heteroatoms. The molecule has 0 fully saturated rings. The zero-order valence-corrected chi connectivity index (χ0v) is 19.0. The minimum atomic E-state index is 0.0130. The van der Waals surface area contributed by atoms with E-state index in [1.807, 2.05) is 35.9 Å². The first-order chi connectivity index (χ1) is 14.4. The van der Waals surface area contributed by atoms with Gasteiger partial charge in [0, 0.05) is 58.2 Å². The first-order valence-corrected chi connectivity index (χ1v) is 10.1. The lowest BCUT2D eigenvalue weighted by Crippen LogP contribution is -2.38. The molecule has 0 saturated heterocycles. The van der Waals surface area contributed by atoms with Crippen molar-refractivity contribution in [1.82, 2.24) is 25.3 Å². The number of ether oxygens (including phenoxy) is 1. The maximum Gasteiger partial charge on any atom is 0.253 e. The van der Waals surface area contributed by atoms with Crippen LogP contribution in [-0.4, -0.2) is 68.0 Å². The van der Waals surface area contributed by atoms with Crippen molar-refractivity contribution in [3.63, 3.8) is 0 Å². The second-order valence-electron chi connectivity index (χ2n) is 7.37. The summed E-state index contributed by atoms with van der Waals surface area (Å²) in [7, 11) is 6.97. The molecule has 0 saturated carbocycles. The monoisotopic (exact) mass is 414 g/mol. The summed E-state index contributed by atoms with van der Waals surface area (Å²) >= 11 is 0. The summed E-state index contributed by atoms with van der Waals surface area (Å²) in [6.45, 7) is 6.84. The number of aromatic nitrogens is 2. The van der Waals surface area contributed by atoms with Gasteiger partial charge < -0.3 is 20.3 Å². The second-order valence-corrected chi connectivity index (χ2v) is 7.37. The number of carbonyl (C=O) groups is 1. The molecule has 1 aromatic carbocycles. The van der Waals surface area contributed by atoms with Crippen molar-refractivity contribution in [2.24, 2.45) is 4.99 Å². The highest BCUT2D eigenvalue weighted by atomic mass is 16.5. The van der Waals surface area contributed by atoms with Gasteiger partial charge in [0.05, 0.1) is 18.8 Å². The van der Waals surface area contributed by atoms with Crippen molar-refractivity contribution in [2.45, 2.75) is 33.4 Å². The number of methoxy groups -OCH3 is 1. The first kappa shape index (κ1) is 23.4. The molecule has 1 amide bonds. The highest BCUT2D eigenvalue weighted by Gasteiger charge is 2.12. The molecule has 0 aliphatic rings. The van der Waals surface area contributed by atoms with Crippen LogP contribution in [0.5, 0.6) is 0 Å². The van der Waals surface area contributed by atoms with Gasteiger partial charge in [-0.15, -0.1) is 0 Å². The van der Waals surface area contributed by atoms with Gasteiger partial charge in [-0.3, -0.25) is 14.5 Å². The van der Waals surface area contributed by atoms with Crippen molar-refractivity contribution >= 4 is 11.9 Å². The Bertz CT molecular complexity index is 873. The Balaban J connectivity index is 1.88. The Hall–Kier alpha value is -2.87. The van der Waals surface area contributed by atoms with Crippen molar-refractivity contribution < 1.29 is 9.53 Å². The number of hydrogen-bond acceptors (Lipinski definition) is 4. The molecule has 2 aromatic rings. The summed E-state index contributed by atoms with van der Waals surface area (Å²) in [5.41, 5.74) is 5.13. The summed E-state index contributed by atoms with van der Waals surface area (Å²) in [5, 5.41) is 11.3. The number of hydrogen-bond donors (Lipinski definition) is 2. The predicted molar refractivity (Wildman–Crippen MR) is 120 cm³/mol. The minimum absolute atomic E-state index is 0.0130. The number of amides is 1. The van der Waals surface area contributed by atoms with Gasteiger partial charge in [-0.25, -0.2) is 0 Å². The van der Waals surface area contributed by atoms with Gasteiger partial charge in [-0.2, -0.15) is 5.10 Å². The fraction of sp³-hybridized carbons (Fsp3) is 0.500. The van der Waals surface area contributed by atoms with Crippen molar-refractivity contribution in [2.75, 3.05) is 41.4 Å². The number of guanidine groups is 1. The Morgan fingerprint density at radius 1 is 1.27 bits per heavy atom. The molecule has 2 rings (SSSR count). The Morgan fingerprint density at radius 2 is 2.03 bits per heavy atom. The van der Waals surface area contributed by atoms with E-state index in [9.17, 15) is 4.79 Å². The van der Waals surface area contributed by atoms with E-state index in [1.165, 1.54) is 5.56 Å². The molecule has 0 radical (unpaired) electrons. The Kier molecular flexibility index (Phi) is 8.86. The van der Waals surface area contributed by atoms with E-state index in [4.69, 9.17) is 4.74 Å². The molecule has 8 nitrogen and oxygen atoms in total. The minimum Gasteiger partial charge on any atom is -0.383 e. The molecular formula is C22H34N6O2. The van der Waals surface area contributed by atoms with Crippen LogP contribution in [0, 0.1) is 13.8 Å². The molecule has 2 N–H and O–H groups in total. The maximum atomic E-state index is 12.1. The number of nitrogens with one attached hydrogen (secondary N) is 2. The van der Waals surface area contributed by atoms with Gasteiger partial charge in [0.2, 0.25) is 0 Å². The standard InChI is InChI=1S/C22H34N6O2/c1-16-20(17(2)28(26-16)12-13-30-6)15-25-22(23-3)24-11-10-18-8-7-9-19(14-18)21(29)27(4)5/h7-9,14H,10-13,15H2,1-6H3,(H2,23,24,25). The number of benzene rings is 1. The van der Waals surface area contributed by atoms with Crippen LogP contribution >= 0.6 is 0 Å². The summed E-state index contributed by atoms with van der Waals surface area (Å²) in [6, 6.07) is 7.75. The smallest absolute Gasteiger partial charge is 0.253 e. The van der Waals surface area contributed by atoms with Crippen LogP contribution in [0.3, 0.4) is 0 Å². The summed E-state index contributed by atoms with van der Waals surface area (Å²) < 4.78 is 7.13. The normalized spacial score (nSPS) is 11.5. The molecule has 30 heavy (non-hydrogen) atoms. The second kappa shape index (κ2) is 11.3. The first-order valence-electron chi connectivity index (χ1n) is 10.1. The lowest BCUT2D eigenvalue weighted by molar-refractivity contribution is 0.0827. The Morgan fingerprint density at radius 3 is 2.70 bits per heavy atom. The van der Waals surface area contributed by atoms with Gasteiger partial charge in [-0.1, -0.05) is 12.1 Å². The zero-order chi connectivity index (χ0) is 22.1. The van der Waals surface area contributed by atoms with Crippen molar-refractivity contribution in [3.8, 4) is 0 Å². The molecule has 1 aromatic heterocycles. The fourth-order valence-electron chi connectivity index (χ4n) is 3.22. The van der Waals surface area contributed by atoms with Crippen molar-refractivity contribution in [3.05, 3.63) is 52.3 Å². The molecule has 1 heterocycles. The van der Waals surface area contributed by atoms with Crippen molar-refractivity contribution in [1.29, 1.82) is 0 Å². The highest BCUT2D eigenvalue weighted by molar-refractivity contribution is 5.94. The molecule has 0 unspecified atom stereocenters. The average Bonchev–Trinajstić information content (AvgIpc) is 3.01. The van der Waals surface area contributed by atoms with Crippen LogP contribution in [0.4, 0.5) is 0 Å². The molecule has 0 aliphatic heterocycles. The molecule has 0 aliphatic carbocycles. The molecular weight excluding hydrogens is 380 g/mol. The van der Waals surface area contributed by atoms with Crippen LogP contribution in [-0.2, 0) is 24.2 Å².